The van der Waals surface area contributed by atoms with Crippen molar-refractivity contribution in [3.63, 3.8) is 0 Å². The number of rotatable bonds is 5. The van der Waals surface area contributed by atoms with Gasteiger partial charge in [0.25, 0.3) is 0 Å². The van der Waals surface area contributed by atoms with Crippen LogP contribution in [0, 0.1) is 0 Å². The number of nitrogens with zero attached hydrogens (tertiary/aromatic N) is 1. The summed E-state index contributed by atoms with van der Waals surface area (Å²) in [6.45, 7) is 2.65. The summed E-state index contributed by atoms with van der Waals surface area (Å²) in [5, 5.41) is 5.33. The molecule has 0 saturated carbocycles. The molecule has 0 bridgehead atoms. The van der Waals surface area contributed by atoms with Crippen molar-refractivity contribution in [1.29, 1.82) is 0 Å². The first-order valence-electron chi connectivity index (χ1n) is 8.00. The van der Waals surface area contributed by atoms with E-state index in [0.717, 1.165) is 32.2 Å². The fourth-order valence-electron chi connectivity index (χ4n) is 3.22. The van der Waals surface area contributed by atoms with Crippen LogP contribution in [0.1, 0.15) is 35.7 Å². The van der Waals surface area contributed by atoms with Crippen molar-refractivity contribution in [1.82, 2.24) is 10.2 Å². The van der Waals surface area contributed by atoms with Gasteiger partial charge in [-0.05, 0) is 42.7 Å². The molecule has 22 heavy (non-hydrogen) atoms. The average Bonchev–Trinajstić information content (AvgIpc) is 3.16. The van der Waals surface area contributed by atoms with Gasteiger partial charge in [0, 0.05) is 25.1 Å². The molecule has 1 aliphatic carbocycles. The Morgan fingerprint density at radius 1 is 1.45 bits per heavy atom. The first-order valence-corrected chi connectivity index (χ1v) is 8.88. The largest absolute Gasteiger partial charge is 0.382 e. The summed E-state index contributed by atoms with van der Waals surface area (Å²) in [7, 11) is 1.67. The van der Waals surface area contributed by atoms with E-state index >= 15 is 0 Å². The quantitative estimate of drug-likeness (QED) is 0.847. The lowest BCUT2D eigenvalue weighted by molar-refractivity contribution is 0.0236. The number of aryl methyl sites for hydroxylation is 1. The maximum Gasteiger partial charge on any atom is 0.317 e. The normalized spacial score (nSPS) is 24.3. The Hall–Kier alpha value is -1.11. The standard InChI is InChI=1S/C16H24N2O3S/c1-20-8-9-21-12-5-7-18(11-12)16(19)17-14-3-2-4-15-13(14)6-10-22-15/h6,10,12,14H,2-5,7-9,11H2,1H3,(H,17,19)/t12-,14+/m1/s1. The molecule has 1 aliphatic heterocycles. The van der Waals surface area contributed by atoms with E-state index in [1.54, 1.807) is 18.4 Å². The summed E-state index contributed by atoms with van der Waals surface area (Å²) in [6, 6.07) is 2.38. The van der Waals surface area contributed by atoms with Crippen molar-refractivity contribution in [2.24, 2.45) is 0 Å². The second-order valence-corrected chi connectivity index (χ2v) is 6.91. The SMILES string of the molecule is COCCO[C@@H]1CCN(C(=O)N[C@H]2CCCc3sccc32)C1. The van der Waals surface area contributed by atoms with Gasteiger partial charge in [0.2, 0.25) is 0 Å². The Morgan fingerprint density at radius 3 is 3.23 bits per heavy atom. The topological polar surface area (TPSA) is 50.8 Å². The van der Waals surface area contributed by atoms with Crippen LogP contribution < -0.4 is 5.32 Å². The highest BCUT2D eigenvalue weighted by atomic mass is 32.1. The third kappa shape index (κ3) is 3.62. The monoisotopic (exact) mass is 324 g/mol. The number of nitrogens with one attached hydrogen (secondary N) is 1. The van der Waals surface area contributed by atoms with Crippen LogP contribution in [0.5, 0.6) is 0 Å². The van der Waals surface area contributed by atoms with E-state index in [9.17, 15) is 4.79 Å². The van der Waals surface area contributed by atoms with Gasteiger partial charge in [-0.1, -0.05) is 0 Å². The highest BCUT2D eigenvalue weighted by molar-refractivity contribution is 7.10. The zero-order chi connectivity index (χ0) is 15.4. The molecule has 6 heteroatoms. The van der Waals surface area contributed by atoms with Gasteiger partial charge in [-0.2, -0.15) is 0 Å². The lowest BCUT2D eigenvalue weighted by atomic mass is 9.94. The number of carbonyl (C=O) groups excluding carboxylic acids is 1. The van der Waals surface area contributed by atoms with Gasteiger partial charge in [-0.25, -0.2) is 4.79 Å². The van der Waals surface area contributed by atoms with Crippen LogP contribution in [0.4, 0.5) is 4.79 Å². The molecule has 1 aromatic rings. The van der Waals surface area contributed by atoms with E-state index in [1.165, 1.54) is 10.4 Å². The van der Waals surface area contributed by atoms with Gasteiger partial charge >= 0.3 is 6.03 Å². The summed E-state index contributed by atoms with van der Waals surface area (Å²) in [6.07, 6.45) is 4.39. The van der Waals surface area contributed by atoms with Crippen LogP contribution in [-0.2, 0) is 15.9 Å². The van der Waals surface area contributed by atoms with Crippen LogP contribution in [0.25, 0.3) is 0 Å². The molecule has 0 radical (unpaired) electrons. The lowest BCUT2D eigenvalue weighted by Gasteiger charge is -2.26. The minimum absolute atomic E-state index is 0.0434. The Balaban J connectivity index is 1.49. The van der Waals surface area contributed by atoms with Crippen molar-refractivity contribution in [2.75, 3.05) is 33.4 Å². The maximum absolute atomic E-state index is 12.5. The highest BCUT2D eigenvalue weighted by Crippen LogP contribution is 2.33. The van der Waals surface area contributed by atoms with E-state index in [4.69, 9.17) is 9.47 Å². The van der Waals surface area contributed by atoms with Gasteiger partial charge in [0.1, 0.15) is 0 Å². The Bertz CT molecular complexity index is 505. The number of fused-ring (bicyclic) bond motifs is 1. The molecular formula is C16H24N2O3S. The van der Waals surface area contributed by atoms with Crippen molar-refractivity contribution < 1.29 is 14.3 Å². The molecule has 0 unspecified atom stereocenters. The minimum Gasteiger partial charge on any atom is -0.382 e. The molecule has 2 aliphatic rings. The summed E-state index contributed by atoms with van der Waals surface area (Å²) in [5.41, 5.74) is 1.32. The number of urea groups is 1. The molecule has 3 rings (SSSR count). The number of thiophene rings is 1. The van der Waals surface area contributed by atoms with Crippen molar-refractivity contribution >= 4 is 17.4 Å². The van der Waals surface area contributed by atoms with Gasteiger partial charge in [-0.15, -0.1) is 11.3 Å². The molecule has 1 saturated heterocycles. The fraction of sp³-hybridized carbons (Fsp3) is 0.688. The van der Waals surface area contributed by atoms with Gasteiger partial charge in [-0.3, -0.25) is 0 Å². The molecule has 2 heterocycles. The van der Waals surface area contributed by atoms with E-state index in [-0.39, 0.29) is 18.2 Å². The predicted molar refractivity (Wildman–Crippen MR) is 86.3 cm³/mol. The number of ether oxygens (including phenoxy) is 2. The third-order valence-electron chi connectivity index (χ3n) is 4.42. The number of likely N-dealkylation sites (tertiary alicyclic amines) is 1. The second-order valence-electron chi connectivity index (χ2n) is 5.91. The summed E-state index contributed by atoms with van der Waals surface area (Å²) in [4.78, 5) is 15.8. The Kier molecular flexibility index (Phi) is 5.33. The van der Waals surface area contributed by atoms with Gasteiger partial charge < -0.3 is 19.7 Å². The van der Waals surface area contributed by atoms with E-state index in [2.05, 4.69) is 16.8 Å². The second kappa shape index (κ2) is 7.44. The summed E-state index contributed by atoms with van der Waals surface area (Å²) in [5.74, 6) is 0. The molecule has 0 aromatic carbocycles. The number of hydrogen-bond acceptors (Lipinski definition) is 4. The molecule has 2 atom stereocenters. The smallest absolute Gasteiger partial charge is 0.317 e. The zero-order valence-corrected chi connectivity index (χ0v) is 13.9. The van der Waals surface area contributed by atoms with Crippen LogP contribution in [-0.4, -0.2) is 50.4 Å². The first-order chi connectivity index (χ1) is 10.8. The predicted octanol–water partition coefficient (Wildman–Crippen LogP) is 2.57. The molecule has 122 valence electrons. The van der Waals surface area contributed by atoms with Crippen molar-refractivity contribution in [3.05, 3.63) is 21.9 Å². The number of methoxy groups -OCH3 is 1. The van der Waals surface area contributed by atoms with Gasteiger partial charge in [0.05, 0.1) is 25.4 Å². The molecule has 1 N–H and O–H groups in total. The molecular weight excluding hydrogens is 300 g/mol. The maximum atomic E-state index is 12.5. The Labute approximate surface area is 135 Å². The number of carbonyl (C=O) groups is 1. The van der Waals surface area contributed by atoms with Gasteiger partial charge in [0.15, 0.2) is 0 Å². The van der Waals surface area contributed by atoms with Crippen LogP contribution in [0.3, 0.4) is 0 Å². The fourth-order valence-corrected chi connectivity index (χ4v) is 4.21. The third-order valence-corrected chi connectivity index (χ3v) is 5.42. The van der Waals surface area contributed by atoms with Crippen molar-refractivity contribution in [3.8, 4) is 0 Å². The number of hydrogen-bond donors (Lipinski definition) is 1. The molecule has 5 nitrogen and oxygen atoms in total. The number of amides is 2. The van der Waals surface area contributed by atoms with Crippen LogP contribution in [0.2, 0.25) is 0 Å². The zero-order valence-electron chi connectivity index (χ0n) is 13.0. The molecule has 2 amide bonds. The molecule has 1 aromatic heterocycles. The molecule has 1 fully saturated rings. The first kappa shape index (κ1) is 15.8. The van der Waals surface area contributed by atoms with E-state index in [0.29, 0.717) is 19.8 Å². The molecule has 0 spiro atoms. The highest BCUT2D eigenvalue weighted by Gasteiger charge is 2.29. The summed E-state index contributed by atoms with van der Waals surface area (Å²) >= 11 is 1.80. The van der Waals surface area contributed by atoms with E-state index in [1.807, 2.05) is 4.90 Å². The lowest BCUT2D eigenvalue weighted by Crippen LogP contribution is -2.41. The van der Waals surface area contributed by atoms with Crippen LogP contribution >= 0.6 is 11.3 Å². The van der Waals surface area contributed by atoms with Crippen LogP contribution in [0.15, 0.2) is 11.4 Å². The Morgan fingerprint density at radius 2 is 2.36 bits per heavy atom. The minimum atomic E-state index is 0.0434. The summed E-state index contributed by atoms with van der Waals surface area (Å²) < 4.78 is 10.7. The van der Waals surface area contributed by atoms with Crippen molar-refractivity contribution in [2.45, 2.75) is 37.8 Å². The average molecular weight is 324 g/mol. The van der Waals surface area contributed by atoms with E-state index < -0.39 is 0 Å².